The zero-order valence-electron chi connectivity index (χ0n) is 15.4. The Labute approximate surface area is 167 Å². The van der Waals surface area contributed by atoms with E-state index in [2.05, 4.69) is 0 Å². The second-order valence-corrected chi connectivity index (χ2v) is 9.44. The van der Waals surface area contributed by atoms with Crippen LogP contribution in [0.25, 0.3) is 0 Å². The topological polar surface area (TPSA) is 57.7 Å². The first kappa shape index (κ1) is 20.2. The number of nitrogens with zero attached hydrogens (tertiary/aromatic N) is 2. The van der Waals surface area contributed by atoms with Gasteiger partial charge in [-0.2, -0.15) is 0 Å². The van der Waals surface area contributed by atoms with Crippen molar-refractivity contribution in [2.45, 2.75) is 11.4 Å². The van der Waals surface area contributed by atoms with E-state index >= 15 is 0 Å². The molecule has 3 aromatic rings. The van der Waals surface area contributed by atoms with Crippen LogP contribution in [0.3, 0.4) is 0 Å². The average molecular weight is 419 g/mol. The summed E-state index contributed by atoms with van der Waals surface area (Å²) >= 11 is 1.52. The summed E-state index contributed by atoms with van der Waals surface area (Å²) in [6, 6.07) is 15.3. The lowest BCUT2D eigenvalue weighted by atomic mass is 10.1. The number of anilines is 1. The average Bonchev–Trinajstić information content (AvgIpc) is 3.20. The van der Waals surface area contributed by atoms with Gasteiger partial charge in [0, 0.05) is 30.2 Å². The van der Waals surface area contributed by atoms with E-state index in [9.17, 15) is 17.6 Å². The van der Waals surface area contributed by atoms with Crippen molar-refractivity contribution in [3.8, 4) is 0 Å². The van der Waals surface area contributed by atoms with E-state index in [1.807, 2.05) is 17.5 Å². The van der Waals surface area contributed by atoms with Crippen molar-refractivity contribution < 1.29 is 17.6 Å². The Balaban J connectivity index is 1.93. The fourth-order valence-corrected chi connectivity index (χ4v) is 4.19. The first-order valence-electron chi connectivity index (χ1n) is 8.41. The maximum Gasteiger partial charge on any atom is 0.258 e. The van der Waals surface area contributed by atoms with Crippen LogP contribution in [0.5, 0.6) is 0 Å². The van der Waals surface area contributed by atoms with Crippen LogP contribution in [0.1, 0.15) is 15.2 Å². The molecule has 146 valence electrons. The third-order valence-corrected chi connectivity index (χ3v) is 6.85. The van der Waals surface area contributed by atoms with Gasteiger partial charge in [0.2, 0.25) is 10.0 Å². The number of halogens is 1. The molecule has 0 aliphatic heterocycles. The molecule has 3 rings (SSSR count). The first-order chi connectivity index (χ1) is 13.3. The van der Waals surface area contributed by atoms with Crippen LogP contribution >= 0.6 is 11.3 Å². The highest BCUT2D eigenvalue weighted by molar-refractivity contribution is 7.89. The predicted octanol–water partition coefficient (Wildman–Crippen LogP) is 3.98. The third kappa shape index (κ3) is 4.30. The highest BCUT2D eigenvalue weighted by Crippen LogP contribution is 2.23. The van der Waals surface area contributed by atoms with E-state index in [1.165, 1.54) is 61.8 Å². The fourth-order valence-electron chi connectivity index (χ4n) is 2.60. The van der Waals surface area contributed by atoms with Gasteiger partial charge in [0.05, 0.1) is 11.4 Å². The highest BCUT2D eigenvalue weighted by Gasteiger charge is 2.21. The molecule has 8 heteroatoms. The van der Waals surface area contributed by atoms with Gasteiger partial charge >= 0.3 is 0 Å². The molecule has 0 fully saturated rings. The van der Waals surface area contributed by atoms with Crippen LogP contribution in [-0.2, 0) is 16.6 Å². The van der Waals surface area contributed by atoms with E-state index in [0.29, 0.717) is 17.8 Å². The fraction of sp³-hybridized carbons (Fsp3) is 0.150. The second-order valence-electron chi connectivity index (χ2n) is 6.26. The van der Waals surface area contributed by atoms with E-state index in [4.69, 9.17) is 0 Å². The molecule has 2 aromatic carbocycles. The van der Waals surface area contributed by atoms with Gasteiger partial charge in [0.15, 0.2) is 0 Å². The van der Waals surface area contributed by atoms with E-state index in [1.54, 1.807) is 17.0 Å². The number of thiophene rings is 1. The number of sulfonamides is 1. The van der Waals surface area contributed by atoms with Crippen molar-refractivity contribution in [2.24, 2.45) is 0 Å². The normalized spacial score (nSPS) is 11.6. The molecule has 0 radical (unpaired) electrons. The predicted molar refractivity (Wildman–Crippen MR) is 109 cm³/mol. The first-order valence-corrected chi connectivity index (χ1v) is 10.7. The van der Waals surface area contributed by atoms with Crippen LogP contribution in [0.2, 0.25) is 0 Å². The molecule has 0 N–H and O–H groups in total. The minimum Gasteiger partial charge on any atom is -0.303 e. The summed E-state index contributed by atoms with van der Waals surface area (Å²) < 4.78 is 38.8. The maximum atomic E-state index is 13.3. The summed E-state index contributed by atoms with van der Waals surface area (Å²) in [4.78, 5) is 15.8. The van der Waals surface area contributed by atoms with Gasteiger partial charge in [-0.05, 0) is 60.0 Å². The van der Waals surface area contributed by atoms with Gasteiger partial charge in [-0.3, -0.25) is 4.79 Å². The molecule has 0 saturated carbocycles. The van der Waals surface area contributed by atoms with Crippen LogP contribution in [0.15, 0.2) is 70.9 Å². The quantitative estimate of drug-likeness (QED) is 0.608. The van der Waals surface area contributed by atoms with Crippen molar-refractivity contribution in [3.63, 3.8) is 0 Å². The molecule has 5 nitrogen and oxygen atoms in total. The van der Waals surface area contributed by atoms with Crippen LogP contribution in [-0.4, -0.2) is 32.7 Å². The SMILES string of the molecule is CN(C)S(=O)(=O)c1ccc(C(=O)N(Cc2cccs2)c2ccc(F)cc2)cc1. The van der Waals surface area contributed by atoms with Crippen molar-refractivity contribution >= 4 is 33.0 Å². The zero-order chi connectivity index (χ0) is 20.3. The van der Waals surface area contributed by atoms with Crippen molar-refractivity contribution in [1.29, 1.82) is 0 Å². The molecule has 0 aliphatic carbocycles. The number of amides is 1. The van der Waals surface area contributed by atoms with Gasteiger partial charge in [0.1, 0.15) is 5.82 Å². The summed E-state index contributed by atoms with van der Waals surface area (Å²) in [5.74, 6) is -0.681. The monoisotopic (exact) mass is 418 g/mol. The Hall–Kier alpha value is -2.55. The van der Waals surface area contributed by atoms with Crippen molar-refractivity contribution in [2.75, 3.05) is 19.0 Å². The molecule has 1 amide bonds. The summed E-state index contributed by atoms with van der Waals surface area (Å²) in [6.07, 6.45) is 0. The van der Waals surface area contributed by atoms with E-state index in [0.717, 1.165) is 9.18 Å². The van der Waals surface area contributed by atoms with Crippen LogP contribution < -0.4 is 4.90 Å². The Morgan fingerprint density at radius 1 is 1.00 bits per heavy atom. The molecule has 0 spiro atoms. The molecular weight excluding hydrogens is 399 g/mol. The maximum absolute atomic E-state index is 13.3. The smallest absolute Gasteiger partial charge is 0.258 e. The minimum atomic E-state index is -3.57. The lowest BCUT2D eigenvalue weighted by molar-refractivity contribution is 0.0985. The molecule has 0 unspecified atom stereocenters. The molecular formula is C20H19FN2O3S2. The summed E-state index contributed by atoms with van der Waals surface area (Å²) in [6.45, 7) is 0.333. The molecule has 28 heavy (non-hydrogen) atoms. The Kier molecular flexibility index (Phi) is 5.93. The number of hydrogen-bond acceptors (Lipinski definition) is 4. The van der Waals surface area contributed by atoms with Crippen LogP contribution in [0.4, 0.5) is 10.1 Å². The minimum absolute atomic E-state index is 0.112. The standard InChI is InChI=1S/C20H19FN2O3S2/c1-22(2)28(25,26)19-11-5-15(6-12-19)20(24)23(14-18-4-3-13-27-18)17-9-7-16(21)8-10-17/h3-13H,14H2,1-2H3. The van der Waals surface area contributed by atoms with Gasteiger partial charge in [-0.15, -0.1) is 11.3 Å². The Morgan fingerprint density at radius 3 is 2.18 bits per heavy atom. The van der Waals surface area contributed by atoms with Gasteiger partial charge in [0.25, 0.3) is 5.91 Å². The van der Waals surface area contributed by atoms with Gasteiger partial charge < -0.3 is 4.90 Å². The summed E-state index contributed by atoms with van der Waals surface area (Å²) in [5.41, 5.74) is 0.906. The van der Waals surface area contributed by atoms with E-state index in [-0.39, 0.29) is 16.6 Å². The van der Waals surface area contributed by atoms with Crippen molar-refractivity contribution in [3.05, 3.63) is 82.3 Å². The lowest BCUT2D eigenvalue weighted by Gasteiger charge is -2.22. The molecule has 1 heterocycles. The van der Waals surface area contributed by atoms with Gasteiger partial charge in [-0.25, -0.2) is 17.1 Å². The van der Waals surface area contributed by atoms with Crippen molar-refractivity contribution in [1.82, 2.24) is 4.31 Å². The Morgan fingerprint density at radius 2 is 1.64 bits per heavy atom. The van der Waals surface area contributed by atoms with Crippen LogP contribution in [0, 0.1) is 5.82 Å². The summed E-state index contributed by atoms with van der Waals surface area (Å²) in [7, 11) is -0.669. The molecule has 0 atom stereocenters. The third-order valence-electron chi connectivity index (χ3n) is 4.16. The summed E-state index contributed by atoms with van der Waals surface area (Å²) in [5, 5.41) is 1.92. The second kappa shape index (κ2) is 8.22. The lowest BCUT2D eigenvalue weighted by Crippen LogP contribution is -2.30. The molecule has 0 aliphatic rings. The molecule has 0 bridgehead atoms. The van der Waals surface area contributed by atoms with Gasteiger partial charge in [-0.1, -0.05) is 6.07 Å². The number of hydrogen-bond donors (Lipinski definition) is 0. The molecule has 0 saturated heterocycles. The number of carbonyl (C=O) groups is 1. The molecule has 1 aromatic heterocycles. The number of carbonyl (C=O) groups excluding carboxylic acids is 1. The number of rotatable bonds is 6. The number of benzene rings is 2. The highest BCUT2D eigenvalue weighted by atomic mass is 32.2. The zero-order valence-corrected chi connectivity index (χ0v) is 17.0. The largest absolute Gasteiger partial charge is 0.303 e. The van der Waals surface area contributed by atoms with E-state index < -0.39 is 10.0 Å². The Bertz CT molecular complexity index is 1050.